The molecule has 0 heterocycles. The Balaban J connectivity index is 0.00000423. The first-order chi connectivity index (χ1) is 20.0. The van der Waals surface area contributed by atoms with Crippen molar-refractivity contribution in [2.24, 2.45) is 20.5 Å². The Hall–Kier alpha value is -4.66. The Morgan fingerprint density at radius 3 is 1.79 bits per heavy atom. The van der Waals surface area contributed by atoms with E-state index in [9.17, 15) is 28.0 Å². The molecule has 0 unspecified atom stereocenters. The minimum atomic E-state index is -4.73. The summed E-state index contributed by atoms with van der Waals surface area (Å²) in [6.07, 6.45) is 0. The number of hydrogen-bond donors (Lipinski definition) is 5. The largest absolute Gasteiger partial charge is 1.00 e. The van der Waals surface area contributed by atoms with E-state index in [2.05, 4.69) is 20.5 Å². The van der Waals surface area contributed by atoms with Crippen molar-refractivity contribution in [2.75, 3.05) is 5.73 Å². The number of anilines is 1. The SMILES string of the molecule is Nc1ccc2cc(S(=O)(=O)O)c(N=Nc3ccc(-c4ccc(N=Nc5ccc(O)c(C(=O)O)c5)cc4)cc3)c(O)c2c1.[Na+]. The van der Waals surface area contributed by atoms with Crippen molar-refractivity contribution >= 4 is 55.3 Å². The van der Waals surface area contributed by atoms with Crippen molar-refractivity contribution in [3.63, 3.8) is 0 Å². The van der Waals surface area contributed by atoms with E-state index in [1.165, 1.54) is 42.5 Å². The van der Waals surface area contributed by atoms with E-state index in [0.29, 0.717) is 22.4 Å². The molecule has 0 aromatic heterocycles. The van der Waals surface area contributed by atoms with Crippen LogP contribution in [0.15, 0.2) is 116 Å². The maximum Gasteiger partial charge on any atom is 1.00 e. The molecule has 0 saturated carbocycles. The van der Waals surface area contributed by atoms with Crippen LogP contribution in [0.5, 0.6) is 11.5 Å². The molecule has 210 valence electrons. The van der Waals surface area contributed by atoms with E-state index >= 15 is 0 Å². The monoisotopic (exact) mass is 606 g/mol. The fourth-order valence-electron chi connectivity index (χ4n) is 4.07. The van der Waals surface area contributed by atoms with Gasteiger partial charge in [0.1, 0.15) is 21.9 Å². The fourth-order valence-corrected chi connectivity index (χ4v) is 4.73. The van der Waals surface area contributed by atoms with Crippen LogP contribution in [0.25, 0.3) is 21.9 Å². The van der Waals surface area contributed by atoms with Gasteiger partial charge in [0.15, 0.2) is 5.75 Å². The van der Waals surface area contributed by atoms with E-state index in [1.807, 2.05) is 12.1 Å². The van der Waals surface area contributed by atoms with E-state index in [1.54, 1.807) is 36.4 Å². The third kappa shape index (κ3) is 7.05. The van der Waals surface area contributed by atoms with Gasteiger partial charge in [-0.05, 0) is 77.2 Å². The predicted molar refractivity (Wildman–Crippen MR) is 155 cm³/mol. The summed E-state index contributed by atoms with van der Waals surface area (Å²) in [4.78, 5) is 10.6. The molecule has 0 spiro atoms. The molecule has 0 bridgehead atoms. The van der Waals surface area contributed by atoms with Crippen LogP contribution in [0.3, 0.4) is 0 Å². The molecule has 0 radical (unpaired) electrons. The van der Waals surface area contributed by atoms with Gasteiger partial charge in [0, 0.05) is 11.1 Å². The Labute approximate surface area is 266 Å². The molecule has 43 heavy (non-hydrogen) atoms. The van der Waals surface area contributed by atoms with Crippen molar-refractivity contribution in [3.8, 4) is 22.6 Å². The summed E-state index contributed by atoms with van der Waals surface area (Å²) >= 11 is 0. The van der Waals surface area contributed by atoms with Crippen LogP contribution in [0.1, 0.15) is 10.4 Å². The molecule has 0 atom stereocenters. The standard InChI is InChI=1S/C29H21N5O7S.Na/c30-19-6-1-18-13-26(42(39,40)41)27(28(36)23(18)14-19)34-32-21-9-4-17(5-10-21)16-2-7-20(8-3-16)31-33-22-11-12-25(35)24(15-22)29(37)38;/h1-15,35-36H,30H2,(H,37,38)(H,39,40,41);/q;+1. The van der Waals surface area contributed by atoms with Crippen LogP contribution in [-0.4, -0.2) is 34.3 Å². The maximum absolute atomic E-state index is 12.0. The number of aromatic carboxylic acids is 1. The second kappa shape index (κ2) is 12.7. The summed E-state index contributed by atoms with van der Waals surface area (Å²) in [6, 6.07) is 23.4. The van der Waals surface area contributed by atoms with Crippen LogP contribution >= 0.6 is 0 Å². The van der Waals surface area contributed by atoms with Crippen molar-refractivity contribution in [1.82, 2.24) is 0 Å². The zero-order valence-electron chi connectivity index (χ0n) is 22.4. The Kier molecular flexibility index (Phi) is 9.23. The molecule has 0 saturated heterocycles. The van der Waals surface area contributed by atoms with Gasteiger partial charge >= 0.3 is 35.5 Å². The summed E-state index contributed by atoms with van der Waals surface area (Å²) in [6.45, 7) is 0. The number of aromatic hydroxyl groups is 2. The van der Waals surface area contributed by atoms with E-state index in [0.717, 1.165) is 11.1 Å². The number of hydrogen-bond acceptors (Lipinski definition) is 10. The Bertz CT molecular complexity index is 2020. The molecular weight excluding hydrogens is 585 g/mol. The van der Waals surface area contributed by atoms with Crippen LogP contribution in [0.2, 0.25) is 0 Å². The van der Waals surface area contributed by atoms with Gasteiger partial charge in [0.2, 0.25) is 0 Å². The van der Waals surface area contributed by atoms with Gasteiger partial charge in [-0.25, -0.2) is 4.79 Å². The van der Waals surface area contributed by atoms with Crippen LogP contribution in [0, 0.1) is 0 Å². The van der Waals surface area contributed by atoms with Crippen molar-refractivity contribution in [2.45, 2.75) is 4.90 Å². The molecule has 5 rings (SSSR count). The molecule has 6 N–H and O–H groups in total. The number of benzene rings is 5. The number of azo groups is 2. The zero-order chi connectivity index (χ0) is 30.0. The molecule has 0 amide bonds. The normalized spacial score (nSPS) is 11.7. The predicted octanol–water partition coefficient (Wildman–Crippen LogP) is 4.28. The summed E-state index contributed by atoms with van der Waals surface area (Å²) in [5, 5.41) is 46.1. The number of fused-ring (bicyclic) bond motifs is 1. The van der Waals surface area contributed by atoms with Crippen LogP contribution in [0.4, 0.5) is 28.4 Å². The van der Waals surface area contributed by atoms with Gasteiger partial charge in [-0.15, -0.1) is 5.11 Å². The number of phenolic OH excluding ortho intramolecular Hbond substituents is 1. The second-order valence-corrected chi connectivity index (χ2v) is 10.4. The number of carboxylic acid groups (broad SMARTS) is 1. The molecular formula is C29H21N5NaO7S+. The van der Waals surface area contributed by atoms with Gasteiger partial charge in [0.25, 0.3) is 10.1 Å². The van der Waals surface area contributed by atoms with Crippen molar-refractivity contribution in [3.05, 3.63) is 96.6 Å². The molecule has 0 fully saturated rings. The number of nitrogen functional groups attached to an aromatic ring is 1. The van der Waals surface area contributed by atoms with Crippen LogP contribution in [-0.2, 0) is 10.1 Å². The molecule has 14 heteroatoms. The molecule has 0 aliphatic carbocycles. The van der Waals surface area contributed by atoms with E-state index in [4.69, 9.17) is 10.8 Å². The summed E-state index contributed by atoms with van der Waals surface area (Å²) in [7, 11) is -4.73. The summed E-state index contributed by atoms with van der Waals surface area (Å²) in [5.74, 6) is -2.13. The average Bonchev–Trinajstić information content (AvgIpc) is 2.96. The smallest absolute Gasteiger partial charge is 0.507 e. The topological polar surface area (TPSA) is 208 Å². The van der Waals surface area contributed by atoms with Gasteiger partial charge in [-0.1, -0.05) is 30.3 Å². The fraction of sp³-hybridized carbons (Fsp3) is 0. The first-order valence-electron chi connectivity index (χ1n) is 12.1. The third-order valence-corrected chi connectivity index (χ3v) is 7.05. The molecule has 5 aromatic rings. The number of phenols is 2. The number of rotatable bonds is 7. The summed E-state index contributed by atoms with van der Waals surface area (Å²) < 4.78 is 33.7. The van der Waals surface area contributed by atoms with Crippen molar-refractivity contribution in [1.29, 1.82) is 0 Å². The zero-order valence-corrected chi connectivity index (χ0v) is 25.3. The van der Waals surface area contributed by atoms with Gasteiger partial charge in [0.05, 0.1) is 17.1 Å². The quantitative estimate of drug-likeness (QED) is 0.0780. The summed E-state index contributed by atoms with van der Waals surface area (Å²) in [5.41, 5.74) is 8.24. The number of nitrogens with zero attached hydrogens (tertiary/aromatic N) is 4. The number of carbonyl (C=O) groups is 1. The van der Waals surface area contributed by atoms with Gasteiger partial charge in [-0.2, -0.15) is 23.8 Å². The first kappa shape index (κ1) is 31.3. The van der Waals surface area contributed by atoms with E-state index in [-0.39, 0.29) is 51.9 Å². The third-order valence-electron chi connectivity index (χ3n) is 6.18. The maximum atomic E-state index is 12.0. The second-order valence-electron chi connectivity index (χ2n) is 9.03. The number of carboxylic acids is 1. The minimum Gasteiger partial charge on any atom is -0.507 e. The average molecular weight is 607 g/mol. The van der Waals surface area contributed by atoms with Gasteiger partial charge in [-0.3, -0.25) is 4.55 Å². The minimum absolute atomic E-state index is 0. The Morgan fingerprint density at radius 2 is 1.23 bits per heavy atom. The molecule has 0 aliphatic heterocycles. The van der Waals surface area contributed by atoms with Gasteiger partial charge < -0.3 is 21.1 Å². The van der Waals surface area contributed by atoms with Crippen LogP contribution < -0.4 is 35.3 Å². The first-order valence-corrected chi connectivity index (χ1v) is 13.6. The molecule has 0 aliphatic rings. The molecule has 12 nitrogen and oxygen atoms in total. The Morgan fingerprint density at radius 1 is 0.698 bits per heavy atom. The van der Waals surface area contributed by atoms with Crippen molar-refractivity contribution < 1.29 is 62.6 Å². The number of nitrogens with two attached hydrogens (primary N) is 1. The van der Waals surface area contributed by atoms with E-state index < -0.39 is 32.4 Å². The molecule has 5 aromatic carbocycles.